The Morgan fingerprint density at radius 1 is 0.596 bits per heavy atom. The van der Waals surface area contributed by atoms with E-state index in [0.29, 0.717) is 0 Å². The van der Waals surface area contributed by atoms with Gasteiger partial charge in [0.05, 0.1) is 4.90 Å². The van der Waals surface area contributed by atoms with E-state index in [1.54, 1.807) is 6.07 Å². The van der Waals surface area contributed by atoms with E-state index < -0.39 is 131 Å². The van der Waals surface area contributed by atoms with Crippen LogP contribution in [0.25, 0.3) is 0 Å². The molecule has 1 unspecified atom stereocenters. The lowest BCUT2D eigenvalue weighted by Crippen LogP contribution is -2.69. The first kappa shape index (κ1) is 46.4. The average Bonchev–Trinajstić information content (AvgIpc) is 3.09. The third kappa shape index (κ3) is 14.2. The number of esters is 7. The summed E-state index contributed by atoms with van der Waals surface area (Å²) >= 11 is 5.15. The van der Waals surface area contributed by atoms with E-state index in [0.717, 1.165) is 48.5 Å². The maximum atomic E-state index is 12.8. The van der Waals surface area contributed by atoms with Gasteiger partial charge in [-0.15, -0.1) is 0 Å². The first-order valence-corrected chi connectivity index (χ1v) is 18.8. The summed E-state index contributed by atoms with van der Waals surface area (Å²) in [7, 11) is -4.18. The smallest absolute Gasteiger partial charge is 0.303 e. The summed E-state index contributed by atoms with van der Waals surface area (Å²) in [6.45, 7) is 5.90. The van der Waals surface area contributed by atoms with Crippen LogP contribution in [-0.2, 0) is 91.0 Å². The molecule has 2 saturated heterocycles. The molecule has 2 aliphatic rings. The minimum absolute atomic E-state index is 0.126. The Balaban J connectivity index is 2.09. The molecular weight excluding hydrogens is 806 g/mol. The van der Waals surface area contributed by atoms with Gasteiger partial charge < -0.3 is 47.4 Å². The third-order valence-corrected chi connectivity index (χ3v) is 9.24. The van der Waals surface area contributed by atoms with Gasteiger partial charge in [-0.3, -0.25) is 43.7 Å². The highest BCUT2D eigenvalue weighted by Gasteiger charge is 2.57. The van der Waals surface area contributed by atoms with Crippen molar-refractivity contribution in [2.75, 3.05) is 13.2 Å². The highest BCUT2D eigenvalue weighted by atomic mass is 32.2. The second-order valence-corrected chi connectivity index (χ2v) is 14.3. The highest BCUT2D eigenvalue weighted by Crippen LogP contribution is 2.35. The highest BCUT2D eigenvalue weighted by molar-refractivity contribution is 7.91. The molecule has 3 rings (SSSR count). The minimum atomic E-state index is -4.18. The Morgan fingerprint density at radius 2 is 1.04 bits per heavy atom. The molecular formula is C33H43N3O19S2. The van der Waals surface area contributed by atoms with Gasteiger partial charge in [-0.1, -0.05) is 18.2 Å². The number of ether oxygens (including phenoxy) is 10. The molecule has 2 heterocycles. The second-order valence-electron chi connectivity index (χ2n) is 12.2. The molecule has 2 fully saturated rings. The van der Waals surface area contributed by atoms with Gasteiger partial charge in [0.2, 0.25) is 0 Å². The number of hydrazine groups is 1. The van der Waals surface area contributed by atoms with Crippen LogP contribution in [0.15, 0.2) is 35.2 Å². The minimum Gasteiger partial charge on any atom is -0.463 e. The van der Waals surface area contributed by atoms with Crippen LogP contribution in [-0.4, -0.2) is 130 Å². The molecule has 1 aromatic rings. The molecule has 57 heavy (non-hydrogen) atoms. The van der Waals surface area contributed by atoms with Crippen LogP contribution >= 0.6 is 12.2 Å². The molecule has 0 radical (unpaired) electrons. The van der Waals surface area contributed by atoms with E-state index in [1.807, 2.05) is 0 Å². The lowest BCUT2D eigenvalue weighted by atomic mass is 9.95. The number of hydrogen-bond acceptors (Lipinski definition) is 21. The van der Waals surface area contributed by atoms with Crippen molar-refractivity contribution in [1.82, 2.24) is 15.6 Å². The maximum Gasteiger partial charge on any atom is 0.303 e. The summed E-state index contributed by atoms with van der Waals surface area (Å²) in [6.07, 6.45) is -16.5. The molecule has 3 N–H and O–H groups in total. The van der Waals surface area contributed by atoms with Gasteiger partial charge in [-0.05, 0) is 24.4 Å². The molecule has 0 aliphatic carbocycles. The van der Waals surface area contributed by atoms with Crippen LogP contribution in [0, 0.1) is 0 Å². The third-order valence-electron chi connectivity index (χ3n) is 7.54. The van der Waals surface area contributed by atoms with Crippen molar-refractivity contribution in [1.29, 1.82) is 0 Å². The van der Waals surface area contributed by atoms with Crippen molar-refractivity contribution in [3.8, 4) is 0 Å². The summed E-state index contributed by atoms with van der Waals surface area (Å²) in [5, 5.41) is -0.513. The number of hydrogen-bond donors (Lipinski definition) is 3. The zero-order chi connectivity index (χ0) is 42.6. The van der Waals surface area contributed by atoms with E-state index in [1.165, 1.54) is 24.3 Å². The van der Waals surface area contributed by atoms with E-state index in [-0.39, 0.29) is 4.90 Å². The van der Waals surface area contributed by atoms with E-state index in [4.69, 9.17) is 59.6 Å². The van der Waals surface area contributed by atoms with Crippen molar-refractivity contribution in [2.45, 2.75) is 115 Å². The van der Waals surface area contributed by atoms with Gasteiger partial charge in [0.1, 0.15) is 31.5 Å². The zero-order valence-electron chi connectivity index (χ0n) is 31.6. The molecule has 24 heteroatoms. The Bertz CT molecular complexity index is 1760. The Hall–Kier alpha value is -5.01. The maximum absolute atomic E-state index is 12.8. The first-order valence-electron chi connectivity index (χ1n) is 16.9. The second kappa shape index (κ2) is 20.9. The predicted octanol–water partition coefficient (Wildman–Crippen LogP) is -1.04. The van der Waals surface area contributed by atoms with Crippen LogP contribution in [0.2, 0.25) is 0 Å². The van der Waals surface area contributed by atoms with Gasteiger partial charge in [-0.2, -0.15) is 0 Å². The van der Waals surface area contributed by atoms with Crippen LogP contribution in [0.1, 0.15) is 48.5 Å². The fourth-order valence-electron chi connectivity index (χ4n) is 5.57. The van der Waals surface area contributed by atoms with Crippen molar-refractivity contribution < 1.29 is 89.3 Å². The normalized spacial score (nSPS) is 27.0. The van der Waals surface area contributed by atoms with Crippen LogP contribution < -0.4 is 15.6 Å². The van der Waals surface area contributed by atoms with Gasteiger partial charge in [0.25, 0.3) is 10.0 Å². The summed E-state index contributed by atoms with van der Waals surface area (Å²) in [6, 6.07) is 7.21. The van der Waals surface area contributed by atoms with E-state index >= 15 is 0 Å². The standard InChI is InChI=1S/C33H43N3O19S2/c1-15(37)46-13-23-26(55-32-30(52-21(7)43)28(50-19(5)41)25(48-17(3)39)24(54-32)14-47-16(2)38)27(49-18(4)40)29(51-20(6)42)31(53-23)34-35-33(56)36-57(44,45)22-11-9-8-10-12-22/h8-12,23-32,34H,13-14H2,1-7H3,(H2,35,36,56)/t23-,24-,25-,26-,27+,28+,29-,30-,31?,32-/m1/s1. The van der Waals surface area contributed by atoms with Crippen molar-refractivity contribution in [3.05, 3.63) is 30.3 Å². The monoisotopic (exact) mass is 849 g/mol. The Labute approximate surface area is 331 Å². The number of carbonyl (C=O) groups excluding carboxylic acids is 7. The van der Waals surface area contributed by atoms with Gasteiger partial charge in [-0.25, -0.2) is 13.8 Å². The Morgan fingerprint density at radius 3 is 1.53 bits per heavy atom. The average molecular weight is 850 g/mol. The van der Waals surface area contributed by atoms with Crippen molar-refractivity contribution in [2.24, 2.45) is 0 Å². The van der Waals surface area contributed by atoms with E-state index in [2.05, 4.69) is 15.6 Å². The molecule has 10 atom stereocenters. The molecule has 0 spiro atoms. The lowest BCUT2D eigenvalue weighted by molar-refractivity contribution is -0.346. The van der Waals surface area contributed by atoms with Crippen LogP contribution in [0.5, 0.6) is 0 Å². The number of carbonyl (C=O) groups is 7. The Kier molecular flexibility index (Phi) is 17.0. The molecule has 2 aliphatic heterocycles. The van der Waals surface area contributed by atoms with Gasteiger partial charge in [0.15, 0.2) is 48.2 Å². The summed E-state index contributed by atoms with van der Waals surface area (Å²) < 4.78 is 84.0. The molecule has 0 aromatic heterocycles. The lowest BCUT2D eigenvalue weighted by Gasteiger charge is -2.48. The largest absolute Gasteiger partial charge is 0.463 e. The SMILES string of the molecule is CC(=O)OC[C@H]1O[C@H](O[C@H]2[C@H](OC(C)=O)[C@@H](OC(C)=O)C(NNC(=S)NS(=O)(=O)c3ccccc3)O[C@@H]2COC(C)=O)[C@H](OC(C)=O)[C@@H](OC(C)=O)[C@@H]1OC(C)=O. The summed E-state index contributed by atoms with van der Waals surface area (Å²) in [5.41, 5.74) is 4.97. The number of sulfonamides is 1. The van der Waals surface area contributed by atoms with Crippen molar-refractivity contribution >= 4 is 69.1 Å². The fourth-order valence-corrected chi connectivity index (χ4v) is 6.89. The molecule has 0 saturated carbocycles. The predicted molar refractivity (Wildman–Crippen MR) is 189 cm³/mol. The van der Waals surface area contributed by atoms with Gasteiger partial charge in [0, 0.05) is 48.5 Å². The number of rotatable bonds is 15. The fraction of sp³-hybridized carbons (Fsp3) is 0.576. The molecule has 0 bridgehead atoms. The summed E-state index contributed by atoms with van der Waals surface area (Å²) in [5.74, 6) is -6.29. The molecule has 22 nitrogen and oxygen atoms in total. The molecule has 1 aromatic carbocycles. The van der Waals surface area contributed by atoms with Crippen LogP contribution in [0.3, 0.4) is 0 Å². The molecule has 316 valence electrons. The number of thiocarbonyl (C=S) groups is 1. The first-order chi connectivity index (χ1) is 26.7. The van der Waals surface area contributed by atoms with Crippen LogP contribution in [0.4, 0.5) is 0 Å². The number of benzene rings is 1. The zero-order valence-corrected chi connectivity index (χ0v) is 33.3. The van der Waals surface area contributed by atoms with Crippen molar-refractivity contribution in [3.63, 3.8) is 0 Å². The van der Waals surface area contributed by atoms with E-state index in [9.17, 15) is 42.0 Å². The topological polar surface area (TPSA) is 282 Å². The van der Waals surface area contributed by atoms with Gasteiger partial charge >= 0.3 is 41.8 Å². The summed E-state index contributed by atoms with van der Waals surface area (Å²) in [4.78, 5) is 85.8. The number of nitrogens with one attached hydrogen (secondary N) is 3. The quantitative estimate of drug-likeness (QED) is 0.0823. The molecule has 0 amide bonds.